The molecule has 5 heteroatoms. The third-order valence-corrected chi connectivity index (χ3v) is 0.792. The Labute approximate surface area is 58.9 Å². The molecule has 4 nitrogen and oxygen atoms in total. The van der Waals surface area contributed by atoms with Gasteiger partial charge >= 0.3 is 14.0 Å². The van der Waals surface area contributed by atoms with E-state index in [9.17, 15) is 9.59 Å². The van der Waals surface area contributed by atoms with Crippen molar-refractivity contribution in [2.45, 2.75) is 6.42 Å². The Morgan fingerprint density at radius 2 is 2.10 bits per heavy atom. The number of rotatable bonds is 3. The van der Waals surface area contributed by atoms with Crippen molar-refractivity contribution >= 4 is 20.0 Å². The van der Waals surface area contributed by atoms with Crippen molar-refractivity contribution in [3.8, 4) is 0 Å². The number of hydrogen-bond acceptors (Lipinski definition) is 3. The first-order valence-corrected chi connectivity index (χ1v) is 2.38. The molecule has 1 N–H and O–H groups in total. The molecule has 0 aromatic rings. The van der Waals surface area contributed by atoms with Gasteiger partial charge in [-0.2, -0.15) is 0 Å². The van der Waals surface area contributed by atoms with E-state index < -0.39 is 11.9 Å². The summed E-state index contributed by atoms with van der Waals surface area (Å²) in [6.45, 7) is 3.09. The van der Waals surface area contributed by atoms with Crippen LogP contribution >= 0.6 is 0 Å². The largest absolute Gasteiger partial charge is 0.543 e. The zero-order valence-corrected chi connectivity index (χ0v) is 5.16. The SMILES string of the molecule is [B]OC(=O)CC(=C)C(=O)O. The molecule has 0 aliphatic rings. The number of hydrogen-bond donors (Lipinski definition) is 1. The lowest BCUT2D eigenvalue weighted by Crippen LogP contribution is -2.07. The topological polar surface area (TPSA) is 63.6 Å². The second-order valence-electron chi connectivity index (χ2n) is 1.58. The summed E-state index contributed by atoms with van der Waals surface area (Å²) >= 11 is 0. The lowest BCUT2D eigenvalue weighted by molar-refractivity contribution is -0.137. The van der Waals surface area contributed by atoms with Crippen LogP contribution in [-0.2, 0) is 14.2 Å². The van der Waals surface area contributed by atoms with Crippen LogP contribution in [-0.4, -0.2) is 25.1 Å². The highest BCUT2D eigenvalue weighted by Gasteiger charge is 2.08. The van der Waals surface area contributed by atoms with Gasteiger partial charge in [-0.25, -0.2) is 4.79 Å². The summed E-state index contributed by atoms with van der Waals surface area (Å²) < 4.78 is 3.71. The van der Waals surface area contributed by atoms with Gasteiger partial charge in [-0.05, 0) is 0 Å². The quantitative estimate of drug-likeness (QED) is 0.429. The predicted octanol–water partition coefficient (Wildman–Crippen LogP) is -0.356. The van der Waals surface area contributed by atoms with Crippen LogP contribution in [0.25, 0.3) is 0 Å². The van der Waals surface area contributed by atoms with Crippen LogP contribution in [0.2, 0.25) is 0 Å². The van der Waals surface area contributed by atoms with E-state index in [1.165, 1.54) is 0 Å². The maximum absolute atomic E-state index is 10.3. The minimum absolute atomic E-state index is 0.240. The van der Waals surface area contributed by atoms with Crippen molar-refractivity contribution in [3.63, 3.8) is 0 Å². The van der Waals surface area contributed by atoms with E-state index in [2.05, 4.69) is 19.3 Å². The van der Waals surface area contributed by atoms with Crippen molar-refractivity contribution in [1.82, 2.24) is 0 Å². The fraction of sp³-hybridized carbons (Fsp3) is 0.200. The minimum Gasteiger partial charge on any atom is -0.543 e. The van der Waals surface area contributed by atoms with Crippen LogP contribution in [0.5, 0.6) is 0 Å². The summed E-state index contributed by atoms with van der Waals surface area (Å²) in [6, 6.07) is 0. The predicted molar refractivity (Wildman–Crippen MR) is 33.2 cm³/mol. The second-order valence-corrected chi connectivity index (χ2v) is 1.58. The van der Waals surface area contributed by atoms with Crippen molar-refractivity contribution in [2.24, 2.45) is 0 Å². The van der Waals surface area contributed by atoms with Crippen LogP contribution in [0.15, 0.2) is 12.2 Å². The number of aliphatic carboxylic acids is 1. The summed E-state index contributed by atoms with van der Waals surface area (Å²) in [5.41, 5.74) is -0.240. The summed E-state index contributed by atoms with van der Waals surface area (Å²) in [7, 11) is 4.44. The van der Waals surface area contributed by atoms with E-state index in [1.54, 1.807) is 0 Å². The van der Waals surface area contributed by atoms with Crippen molar-refractivity contribution < 1.29 is 19.3 Å². The molecule has 0 atom stereocenters. The molecule has 0 spiro atoms. The first kappa shape index (κ1) is 8.74. The fourth-order valence-electron chi connectivity index (χ4n) is 0.292. The van der Waals surface area contributed by atoms with Gasteiger partial charge in [-0.3, -0.25) is 4.79 Å². The van der Waals surface area contributed by atoms with E-state index in [4.69, 9.17) is 5.11 Å². The Balaban J connectivity index is 3.80. The average molecular weight is 140 g/mol. The smallest absolute Gasteiger partial charge is 0.378 e. The normalized spacial score (nSPS) is 8.40. The highest BCUT2D eigenvalue weighted by atomic mass is 16.5. The molecule has 0 rings (SSSR count). The number of carbonyl (C=O) groups excluding carboxylic acids is 1. The van der Waals surface area contributed by atoms with E-state index in [0.29, 0.717) is 0 Å². The van der Waals surface area contributed by atoms with Crippen LogP contribution in [0.4, 0.5) is 0 Å². The van der Waals surface area contributed by atoms with Crippen LogP contribution in [0.1, 0.15) is 6.42 Å². The maximum Gasteiger partial charge on any atom is 0.378 e. The molecule has 52 valence electrons. The Bertz CT molecular complexity index is 174. The molecule has 0 saturated carbocycles. The maximum atomic E-state index is 10.3. The molecule has 0 bridgehead atoms. The van der Waals surface area contributed by atoms with Crippen molar-refractivity contribution in [2.75, 3.05) is 0 Å². The summed E-state index contributed by atoms with van der Waals surface area (Å²) in [5.74, 6) is -2.04. The molecule has 0 aromatic carbocycles. The molecule has 0 saturated heterocycles. The standard InChI is InChI=1S/C5H5BO4/c1-3(5(8)9)2-4(7)10-6/h1-2H2,(H,8,9). The molecular weight excluding hydrogens is 135 g/mol. The first-order chi connectivity index (χ1) is 4.57. The van der Waals surface area contributed by atoms with Gasteiger partial charge in [0.1, 0.15) is 0 Å². The zero-order valence-electron chi connectivity index (χ0n) is 5.16. The Hall–Kier alpha value is -1.26. The molecule has 2 radical (unpaired) electrons. The average Bonchev–Trinajstić information content (AvgIpc) is 1.87. The molecule has 10 heavy (non-hydrogen) atoms. The number of carboxylic acid groups (broad SMARTS) is 1. The molecule has 0 fully saturated rings. The fourth-order valence-corrected chi connectivity index (χ4v) is 0.292. The molecule has 0 aliphatic heterocycles. The third-order valence-electron chi connectivity index (χ3n) is 0.792. The minimum atomic E-state index is -1.23. The molecule has 0 amide bonds. The van der Waals surface area contributed by atoms with Gasteiger partial charge in [0.15, 0.2) is 0 Å². The monoisotopic (exact) mass is 140 g/mol. The van der Waals surface area contributed by atoms with Gasteiger partial charge in [0.25, 0.3) is 5.97 Å². The Morgan fingerprint density at radius 3 is 2.40 bits per heavy atom. The van der Waals surface area contributed by atoms with Crippen molar-refractivity contribution in [3.05, 3.63) is 12.2 Å². The van der Waals surface area contributed by atoms with E-state index >= 15 is 0 Å². The van der Waals surface area contributed by atoms with Gasteiger partial charge in [-0.1, -0.05) is 6.58 Å². The first-order valence-electron chi connectivity index (χ1n) is 2.38. The summed E-state index contributed by atoms with van der Waals surface area (Å²) in [5, 5.41) is 8.18. The van der Waals surface area contributed by atoms with E-state index in [-0.39, 0.29) is 12.0 Å². The Kier molecular flexibility index (Phi) is 3.24. The third kappa shape index (κ3) is 2.91. The molecule has 0 aromatic heterocycles. The van der Waals surface area contributed by atoms with Gasteiger partial charge in [0.05, 0.1) is 6.42 Å². The van der Waals surface area contributed by atoms with Crippen LogP contribution in [0.3, 0.4) is 0 Å². The summed E-state index contributed by atoms with van der Waals surface area (Å²) in [6.07, 6.45) is -0.383. The van der Waals surface area contributed by atoms with E-state index in [0.717, 1.165) is 0 Å². The second kappa shape index (κ2) is 3.71. The number of carboxylic acids is 1. The van der Waals surface area contributed by atoms with Crippen LogP contribution < -0.4 is 0 Å². The van der Waals surface area contributed by atoms with Gasteiger partial charge < -0.3 is 9.76 Å². The van der Waals surface area contributed by atoms with Gasteiger partial charge in [-0.15, -0.1) is 0 Å². The molecule has 0 heterocycles. The molecule has 0 unspecified atom stereocenters. The van der Waals surface area contributed by atoms with E-state index in [1.807, 2.05) is 0 Å². The number of carbonyl (C=O) groups is 2. The lowest BCUT2D eigenvalue weighted by Gasteiger charge is -1.97. The zero-order chi connectivity index (χ0) is 8.15. The lowest BCUT2D eigenvalue weighted by atomic mass is 10.2. The van der Waals surface area contributed by atoms with Crippen molar-refractivity contribution in [1.29, 1.82) is 0 Å². The van der Waals surface area contributed by atoms with Gasteiger partial charge in [0, 0.05) is 5.57 Å². The van der Waals surface area contributed by atoms with Crippen LogP contribution in [0, 0.1) is 0 Å². The summed E-state index contributed by atoms with van der Waals surface area (Å²) in [4.78, 5) is 20.3. The van der Waals surface area contributed by atoms with Gasteiger partial charge in [0.2, 0.25) is 0 Å². The molecule has 0 aliphatic carbocycles. The molecular formula is C5H5BO4. The Morgan fingerprint density at radius 1 is 1.60 bits per heavy atom. The highest BCUT2D eigenvalue weighted by molar-refractivity contribution is 6.06. The highest BCUT2D eigenvalue weighted by Crippen LogP contribution is 1.97.